The van der Waals surface area contributed by atoms with Crippen molar-refractivity contribution in [1.82, 2.24) is 15.5 Å². The molecule has 264 valence electrons. The van der Waals surface area contributed by atoms with Crippen LogP contribution in [0.2, 0.25) is 0 Å². The number of aliphatic hydroxyl groups excluding tert-OH is 1. The number of hydrogen-bond donors (Lipinski definition) is 3. The third-order valence-electron chi connectivity index (χ3n) is 9.35. The number of rotatable bonds is 16. The van der Waals surface area contributed by atoms with Gasteiger partial charge in [-0.15, -0.1) is 0 Å². The van der Waals surface area contributed by atoms with Gasteiger partial charge in [0.25, 0.3) is 0 Å². The van der Waals surface area contributed by atoms with E-state index in [2.05, 4.69) is 90.2 Å². The van der Waals surface area contributed by atoms with Gasteiger partial charge in [0.1, 0.15) is 0 Å². The van der Waals surface area contributed by atoms with Crippen molar-refractivity contribution in [2.24, 2.45) is 5.92 Å². The van der Waals surface area contributed by atoms with Crippen molar-refractivity contribution < 1.29 is 24.2 Å². The first-order valence-corrected chi connectivity index (χ1v) is 17.7. The number of benzene rings is 4. The number of carbonyl (C=O) groups excluding carboxylic acids is 2. The van der Waals surface area contributed by atoms with E-state index in [0.29, 0.717) is 19.5 Å². The van der Waals surface area contributed by atoms with Gasteiger partial charge in [-0.2, -0.15) is 0 Å². The number of amides is 2. The van der Waals surface area contributed by atoms with Crippen LogP contribution in [-0.2, 0) is 38.8 Å². The molecule has 0 aromatic heterocycles. The number of nitrogens with one attached hydrogen (secondary N) is 2. The number of nitrogens with zero attached hydrogens (tertiary/aromatic N) is 1. The number of unbranched alkanes of at least 4 members (excludes halogenated alkanes) is 2. The molecule has 4 aromatic rings. The van der Waals surface area contributed by atoms with Crippen molar-refractivity contribution in [2.75, 3.05) is 20.1 Å². The molecule has 0 aliphatic carbocycles. The van der Waals surface area contributed by atoms with Crippen molar-refractivity contribution in [2.45, 2.75) is 77.7 Å². The SMILES string of the molecule is CC(=O)NCCCCCC(=O)NCc1ccccc1-c1ccc([C@H]2O[C@@H](CN(C)Cc3ccccc3)[C@@H](C)[C@@H](c3ccc(CO)cc3)O2)cc1. The number of hydrogen-bond acceptors (Lipinski definition) is 6. The molecule has 1 aliphatic rings. The maximum Gasteiger partial charge on any atom is 0.220 e. The van der Waals surface area contributed by atoms with E-state index < -0.39 is 6.29 Å². The first kappa shape index (κ1) is 36.9. The van der Waals surface area contributed by atoms with Crippen molar-refractivity contribution in [1.29, 1.82) is 0 Å². The van der Waals surface area contributed by atoms with Crippen LogP contribution in [-0.4, -0.2) is 48.1 Å². The Labute approximate surface area is 296 Å². The largest absolute Gasteiger partial charge is 0.392 e. The minimum Gasteiger partial charge on any atom is -0.392 e. The Morgan fingerprint density at radius 2 is 1.48 bits per heavy atom. The summed E-state index contributed by atoms with van der Waals surface area (Å²) in [5.74, 6) is 0.0953. The van der Waals surface area contributed by atoms with Gasteiger partial charge in [-0.05, 0) is 53.3 Å². The molecule has 4 atom stereocenters. The van der Waals surface area contributed by atoms with Crippen LogP contribution >= 0.6 is 0 Å². The smallest absolute Gasteiger partial charge is 0.220 e. The van der Waals surface area contributed by atoms with E-state index in [-0.39, 0.29) is 36.5 Å². The maximum atomic E-state index is 12.6. The summed E-state index contributed by atoms with van der Waals surface area (Å²) >= 11 is 0. The monoisotopic (exact) mass is 677 g/mol. The molecule has 0 saturated carbocycles. The first-order valence-electron chi connectivity index (χ1n) is 17.7. The zero-order valence-electron chi connectivity index (χ0n) is 29.5. The maximum absolute atomic E-state index is 12.6. The van der Waals surface area contributed by atoms with E-state index in [4.69, 9.17) is 9.47 Å². The van der Waals surface area contributed by atoms with E-state index in [1.807, 2.05) is 42.5 Å². The molecule has 1 fully saturated rings. The predicted molar refractivity (Wildman–Crippen MR) is 197 cm³/mol. The lowest BCUT2D eigenvalue weighted by molar-refractivity contribution is -0.276. The summed E-state index contributed by atoms with van der Waals surface area (Å²) in [5.41, 5.74) is 7.30. The van der Waals surface area contributed by atoms with Crippen molar-refractivity contribution in [3.8, 4) is 11.1 Å². The van der Waals surface area contributed by atoms with Gasteiger partial charge in [0.15, 0.2) is 6.29 Å². The average Bonchev–Trinajstić information content (AvgIpc) is 3.13. The molecule has 1 saturated heterocycles. The minimum absolute atomic E-state index is 0.00394. The third-order valence-corrected chi connectivity index (χ3v) is 9.35. The molecule has 0 spiro atoms. The summed E-state index contributed by atoms with van der Waals surface area (Å²) in [6, 6.07) is 35.0. The number of likely N-dealkylation sites (N-methyl/N-ethyl adjacent to an activating group) is 1. The fourth-order valence-corrected chi connectivity index (χ4v) is 6.50. The zero-order valence-corrected chi connectivity index (χ0v) is 29.5. The summed E-state index contributed by atoms with van der Waals surface area (Å²) in [5, 5.41) is 15.5. The second-order valence-electron chi connectivity index (χ2n) is 13.4. The standard InChI is InChI=1S/C42H51N3O5/c1-30-39(28-45(3)27-32-12-6-4-7-13-32)49-42(50-41(30)35-19-17-33(29-46)18-20-35)36-23-21-34(22-24-36)38-15-10-9-14-37(38)26-44-40(48)16-8-5-11-25-43-31(2)47/h4,6-7,9-10,12-15,17-24,30,39,41-42,46H,5,8,11,16,25-29H2,1-3H3,(H,43,47)(H,44,48)/t30-,39+,41+,42+/m1/s1. The van der Waals surface area contributed by atoms with E-state index >= 15 is 0 Å². The summed E-state index contributed by atoms with van der Waals surface area (Å²) in [6.07, 6.45) is 2.21. The molecule has 50 heavy (non-hydrogen) atoms. The van der Waals surface area contributed by atoms with E-state index in [1.165, 1.54) is 12.5 Å². The van der Waals surface area contributed by atoms with Gasteiger partial charge >= 0.3 is 0 Å². The van der Waals surface area contributed by atoms with Crippen molar-refractivity contribution in [3.63, 3.8) is 0 Å². The Morgan fingerprint density at radius 1 is 0.780 bits per heavy atom. The van der Waals surface area contributed by atoms with Crippen LogP contribution in [0.1, 0.15) is 79.7 Å². The summed E-state index contributed by atoms with van der Waals surface area (Å²) < 4.78 is 13.4. The fraction of sp³-hybridized carbons (Fsp3) is 0.381. The molecule has 0 bridgehead atoms. The van der Waals surface area contributed by atoms with Crippen LogP contribution in [0.4, 0.5) is 0 Å². The molecule has 2 amide bonds. The average molecular weight is 678 g/mol. The van der Waals surface area contributed by atoms with Gasteiger partial charge in [-0.1, -0.05) is 116 Å². The van der Waals surface area contributed by atoms with Gasteiger partial charge in [-0.3, -0.25) is 14.5 Å². The molecule has 8 nitrogen and oxygen atoms in total. The fourth-order valence-electron chi connectivity index (χ4n) is 6.50. The Morgan fingerprint density at radius 3 is 2.20 bits per heavy atom. The number of aliphatic hydroxyl groups is 1. The zero-order chi connectivity index (χ0) is 35.3. The van der Waals surface area contributed by atoms with Crippen LogP contribution in [0.15, 0.2) is 103 Å². The number of carbonyl (C=O) groups is 2. The normalized spacial score (nSPS) is 18.9. The highest BCUT2D eigenvalue weighted by molar-refractivity contribution is 5.76. The Bertz CT molecular complexity index is 1640. The van der Waals surface area contributed by atoms with Gasteiger partial charge in [0.2, 0.25) is 11.8 Å². The first-order chi connectivity index (χ1) is 24.3. The van der Waals surface area contributed by atoms with Crippen LogP contribution in [0.25, 0.3) is 11.1 Å². The Hall–Kier alpha value is -4.34. The highest BCUT2D eigenvalue weighted by Gasteiger charge is 2.38. The van der Waals surface area contributed by atoms with E-state index in [1.54, 1.807) is 0 Å². The van der Waals surface area contributed by atoms with Gasteiger partial charge in [-0.25, -0.2) is 0 Å². The van der Waals surface area contributed by atoms with E-state index in [0.717, 1.165) is 65.7 Å². The van der Waals surface area contributed by atoms with Crippen LogP contribution in [0.5, 0.6) is 0 Å². The molecule has 1 heterocycles. The van der Waals surface area contributed by atoms with Crippen LogP contribution in [0.3, 0.4) is 0 Å². The molecule has 0 radical (unpaired) electrons. The minimum atomic E-state index is -0.550. The summed E-state index contributed by atoms with van der Waals surface area (Å²) in [6.45, 7) is 6.37. The quantitative estimate of drug-likeness (QED) is 0.110. The molecule has 1 aliphatic heterocycles. The molecule has 8 heteroatoms. The topological polar surface area (TPSA) is 100 Å². The second kappa shape index (κ2) is 18.6. The van der Waals surface area contributed by atoms with Crippen LogP contribution < -0.4 is 10.6 Å². The lowest BCUT2D eigenvalue weighted by Gasteiger charge is -2.42. The van der Waals surface area contributed by atoms with Crippen LogP contribution in [0, 0.1) is 5.92 Å². The molecule has 5 rings (SSSR count). The van der Waals surface area contributed by atoms with Crippen molar-refractivity contribution in [3.05, 3.63) is 131 Å². The van der Waals surface area contributed by atoms with Gasteiger partial charge < -0.3 is 25.2 Å². The lowest BCUT2D eigenvalue weighted by atomic mass is 9.90. The summed E-state index contributed by atoms with van der Waals surface area (Å²) in [4.78, 5) is 25.9. The molecular weight excluding hydrogens is 626 g/mol. The Balaban J connectivity index is 1.26. The Kier molecular flexibility index (Phi) is 13.7. The number of ether oxygens (including phenoxy) is 2. The second-order valence-corrected chi connectivity index (χ2v) is 13.4. The van der Waals surface area contributed by atoms with Gasteiger partial charge in [0.05, 0.1) is 18.8 Å². The van der Waals surface area contributed by atoms with Crippen molar-refractivity contribution >= 4 is 11.8 Å². The summed E-state index contributed by atoms with van der Waals surface area (Å²) in [7, 11) is 2.13. The lowest BCUT2D eigenvalue weighted by Crippen LogP contribution is -2.43. The third kappa shape index (κ3) is 10.6. The highest BCUT2D eigenvalue weighted by atomic mass is 16.7. The molecule has 3 N–H and O–H groups in total. The van der Waals surface area contributed by atoms with Gasteiger partial charge in [0, 0.05) is 51.0 Å². The molecular formula is C42H51N3O5. The predicted octanol–water partition coefficient (Wildman–Crippen LogP) is 7.08. The molecule has 0 unspecified atom stereocenters. The highest BCUT2D eigenvalue weighted by Crippen LogP contribution is 2.42. The molecule has 4 aromatic carbocycles. The van der Waals surface area contributed by atoms with E-state index in [9.17, 15) is 14.7 Å².